The minimum Gasteiger partial charge on any atom is -0.493 e. The standard InChI is InChI=1S/C22H28N2O3S/c1-14-4-7-19(20(8-14)26-3)27-12-15-9-21(28-13-15)22(25)23-16-10-17-5-6-18(11-16)24(17)2/h4,7-9,13,16-18H,5-6,10-12H2,1-3H3,(H,23,25). The van der Waals surface area contributed by atoms with Crippen molar-refractivity contribution in [3.8, 4) is 11.5 Å². The van der Waals surface area contributed by atoms with Crippen LogP contribution in [-0.2, 0) is 6.61 Å². The van der Waals surface area contributed by atoms with Crippen LogP contribution in [0.5, 0.6) is 11.5 Å². The lowest BCUT2D eigenvalue weighted by molar-refractivity contribution is 0.0886. The fraction of sp³-hybridized carbons (Fsp3) is 0.500. The summed E-state index contributed by atoms with van der Waals surface area (Å²) in [6.45, 7) is 2.44. The van der Waals surface area contributed by atoms with Gasteiger partial charge in [0.05, 0.1) is 12.0 Å². The van der Waals surface area contributed by atoms with E-state index in [1.807, 2.05) is 36.6 Å². The van der Waals surface area contributed by atoms with Crippen LogP contribution in [0.3, 0.4) is 0 Å². The van der Waals surface area contributed by atoms with Crippen LogP contribution in [-0.4, -0.2) is 43.1 Å². The smallest absolute Gasteiger partial charge is 0.261 e. The summed E-state index contributed by atoms with van der Waals surface area (Å²) in [6.07, 6.45) is 4.65. The summed E-state index contributed by atoms with van der Waals surface area (Å²) in [6, 6.07) is 9.35. The number of benzene rings is 1. The number of piperidine rings is 1. The Labute approximate surface area is 170 Å². The molecule has 0 saturated carbocycles. The van der Waals surface area contributed by atoms with Gasteiger partial charge in [-0.05, 0) is 68.8 Å². The largest absolute Gasteiger partial charge is 0.493 e. The van der Waals surface area contributed by atoms with E-state index in [9.17, 15) is 4.79 Å². The highest BCUT2D eigenvalue weighted by Crippen LogP contribution is 2.34. The molecule has 2 aliphatic rings. The minimum atomic E-state index is 0.0399. The number of hydrogen-bond donors (Lipinski definition) is 1. The van der Waals surface area contributed by atoms with Gasteiger partial charge in [0, 0.05) is 23.7 Å². The number of carbonyl (C=O) groups is 1. The van der Waals surface area contributed by atoms with Gasteiger partial charge in [0.2, 0.25) is 0 Å². The van der Waals surface area contributed by atoms with Crippen molar-refractivity contribution < 1.29 is 14.3 Å². The number of rotatable bonds is 6. The fourth-order valence-electron chi connectivity index (χ4n) is 4.41. The molecule has 0 radical (unpaired) electrons. The minimum absolute atomic E-state index is 0.0399. The molecule has 0 aliphatic carbocycles. The molecule has 2 saturated heterocycles. The average molecular weight is 401 g/mol. The highest BCUT2D eigenvalue weighted by Gasteiger charge is 2.38. The molecule has 5 nitrogen and oxygen atoms in total. The van der Waals surface area contributed by atoms with Crippen molar-refractivity contribution in [3.63, 3.8) is 0 Å². The molecule has 1 aromatic carbocycles. The lowest BCUT2D eigenvalue weighted by atomic mass is 9.98. The fourth-order valence-corrected chi connectivity index (χ4v) is 5.21. The van der Waals surface area contributed by atoms with E-state index < -0.39 is 0 Å². The first-order valence-electron chi connectivity index (χ1n) is 9.91. The van der Waals surface area contributed by atoms with E-state index in [1.54, 1.807) is 7.11 Å². The van der Waals surface area contributed by atoms with Crippen molar-refractivity contribution in [1.82, 2.24) is 10.2 Å². The normalized spacial score (nSPS) is 24.2. The van der Waals surface area contributed by atoms with Crippen molar-refractivity contribution >= 4 is 17.2 Å². The first kappa shape index (κ1) is 19.3. The Morgan fingerprint density at radius 3 is 2.68 bits per heavy atom. The third-order valence-corrected chi connectivity index (χ3v) is 7.00. The van der Waals surface area contributed by atoms with Gasteiger partial charge in [-0.1, -0.05) is 6.07 Å². The molecular weight excluding hydrogens is 372 g/mol. The second-order valence-electron chi connectivity index (χ2n) is 7.95. The number of thiophene rings is 1. The topological polar surface area (TPSA) is 50.8 Å². The van der Waals surface area contributed by atoms with E-state index >= 15 is 0 Å². The summed E-state index contributed by atoms with van der Waals surface area (Å²) < 4.78 is 11.3. The third-order valence-electron chi connectivity index (χ3n) is 6.02. The quantitative estimate of drug-likeness (QED) is 0.796. The predicted octanol–water partition coefficient (Wildman–Crippen LogP) is 4.00. The van der Waals surface area contributed by atoms with E-state index in [1.165, 1.54) is 24.2 Å². The van der Waals surface area contributed by atoms with Crippen molar-refractivity contribution in [2.24, 2.45) is 0 Å². The van der Waals surface area contributed by atoms with Crippen LogP contribution < -0.4 is 14.8 Å². The Morgan fingerprint density at radius 1 is 1.21 bits per heavy atom. The summed E-state index contributed by atoms with van der Waals surface area (Å²) in [7, 11) is 3.86. The van der Waals surface area contributed by atoms with E-state index in [4.69, 9.17) is 9.47 Å². The number of methoxy groups -OCH3 is 1. The van der Waals surface area contributed by atoms with Crippen molar-refractivity contribution in [2.45, 2.75) is 57.3 Å². The maximum atomic E-state index is 12.7. The van der Waals surface area contributed by atoms with Crippen molar-refractivity contribution in [1.29, 1.82) is 0 Å². The molecule has 6 heteroatoms. The van der Waals surface area contributed by atoms with Crippen LogP contribution in [0.1, 0.15) is 46.5 Å². The van der Waals surface area contributed by atoms with Crippen LogP contribution >= 0.6 is 11.3 Å². The Morgan fingerprint density at radius 2 is 1.96 bits per heavy atom. The molecule has 2 unspecified atom stereocenters. The zero-order chi connectivity index (χ0) is 19.7. The number of hydrogen-bond acceptors (Lipinski definition) is 5. The van der Waals surface area contributed by atoms with E-state index in [-0.39, 0.29) is 5.91 Å². The van der Waals surface area contributed by atoms with Gasteiger partial charge in [-0.3, -0.25) is 4.79 Å². The van der Waals surface area contributed by atoms with Crippen LogP contribution in [0, 0.1) is 6.92 Å². The molecule has 1 aromatic heterocycles. The maximum Gasteiger partial charge on any atom is 0.261 e. The van der Waals surface area contributed by atoms with Crippen LogP contribution in [0.15, 0.2) is 29.6 Å². The number of nitrogens with zero attached hydrogens (tertiary/aromatic N) is 1. The summed E-state index contributed by atoms with van der Waals surface area (Å²) >= 11 is 1.48. The number of carbonyl (C=O) groups excluding carboxylic acids is 1. The SMILES string of the molecule is COc1cc(C)ccc1OCc1csc(C(=O)NC2CC3CCC(C2)N3C)c1. The molecule has 0 spiro atoms. The maximum absolute atomic E-state index is 12.7. The summed E-state index contributed by atoms with van der Waals surface area (Å²) in [5.74, 6) is 1.48. The van der Waals surface area contributed by atoms with E-state index in [0.29, 0.717) is 30.5 Å². The third kappa shape index (κ3) is 4.03. The van der Waals surface area contributed by atoms with E-state index in [2.05, 4.69) is 17.3 Å². The van der Waals surface area contributed by atoms with Gasteiger partial charge in [0.1, 0.15) is 6.61 Å². The summed E-state index contributed by atoms with van der Waals surface area (Å²) in [5, 5.41) is 5.25. The second kappa shape index (κ2) is 8.13. The zero-order valence-electron chi connectivity index (χ0n) is 16.7. The van der Waals surface area contributed by atoms with Gasteiger partial charge < -0.3 is 19.7 Å². The molecule has 150 valence electrons. The Hall–Kier alpha value is -2.05. The van der Waals surface area contributed by atoms with Crippen molar-refractivity contribution in [2.75, 3.05) is 14.2 Å². The number of nitrogens with one attached hydrogen (secondary N) is 1. The molecule has 4 rings (SSSR count). The number of ether oxygens (including phenoxy) is 2. The second-order valence-corrected chi connectivity index (χ2v) is 8.87. The highest BCUT2D eigenvalue weighted by molar-refractivity contribution is 7.12. The van der Waals surface area contributed by atoms with Gasteiger partial charge >= 0.3 is 0 Å². The van der Waals surface area contributed by atoms with Gasteiger partial charge in [0.25, 0.3) is 5.91 Å². The predicted molar refractivity (Wildman–Crippen MR) is 111 cm³/mol. The van der Waals surface area contributed by atoms with Gasteiger partial charge in [-0.25, -0.2) is 0 Å². The lowest BCUT2D eigenvalue weighted by Crippen LogP contribution is -2.48. The zero-order valence-corrected chi connectivity index (χ0v) is 17.6. The van der Waals surface area contributed by atoms with Crippen LogP contribution in [0.25, 0.3) is 0 Å². The molecular formula is C22H28N2O3S. The molecule has 3 heterocycles. The van der Waals surface area contributed by atoms with Gasteiger partial charge in [0.15, 0.2) is 11.5 Å². The molecule has 28 heavy (non-hydrogen) atoms. The average Bonchev–Trinajstić information content (AvgIpc) is 3.22. The molecule has 2 fully saturated rings. The molecule has 2 bridgehead atoms. The lowest BCUT2D eigenvalue weighted by Gasteiger charge is -2.36. The Balaban J connectivity index is 1.33. The molecule has 1 amide bonds. The summed E-state index contributed by atoms with van der Waals surface area (Å²) in [4.78, 5) is 15.9. The Bertz CT molecular complexity index is 836. The van der Waals surface area contributed by atoms with E-state index in [0.717, 1.165) is 34.6 Å². The first-order chi connectivity index (χ1) is 13.5. The molecule has 2 aliphatic heterocycles. The number of amides is 1. The monoisotopic (exact) mass is 400 g/mol. The van der Waals surface area contributed by atoms with Gasteiger partial charge in [-0.15, -0.1) is 11.3 Å². The number of fused-ring (bicyclic) bond motifs is 2. The molecule has 1 N–H and O–H groups in total. The molecule has 2 atom stereocenters. The number of aryl methyl sites for hydroxylation is 1. The highest BCUT2D eigenvalue weighted by atomic mass is 32.1. The Kier molecular flexibility index (Phi) is 5.60. The van der Waals surface area contributed by atoms with Crippen LogP contribution in [0.2, 0.25) is 0 Å². The first-order valence-corrected chi connectivity index (χ1v) is 10.8. The molecule has 2 aromatic rings. The van der Waals surface area contributed by atoms with Crippen molar-refractivity contribution in [3.05, 3.63) is 45.6 Å². The van der Waals surface area contributed by atoms with Crippen LogP contribution in [0.4, 0.5) is 0 Å². The summed E-state index contributed by atoms with van der Waals surface area (Å²) in [5.41, 5.74) is 2.13. The van der Waals surface area contributed by atoms with Gasteiger partial charge in [-0.2, -0.15) is 0 Å².